The summed E-state index contributed by atoms with van der Waals surface area (Å²) < 4.78 is 5.83. The maximum Gasteiger partial charge on any atom is 0.154 e. The Kier molecular flexibility index (Phi) is 4.94. The minimum atomic E-state index is -0.620. The Bertz CT molecular complexity index is 839. The van der Waals surface area contributed by atoms with Gasteiger partial charge in [-0.15, -0.1) is 0 Å². The van der Waals surface area contributed by atoms with Gasteiger partial charge in [0.05, 0.1) is 5.41 Å². The molecule has 2 aromatic rings. The van der Waals surface area contributed by atoms with Gasteiger partial charge in [0.1, 0.15) is 17.3 Å². The summed E-state index contributed by atoms with van der Waals surface area (Å²) in [6.07, 6.45) is 2.28. The van der Waals surface area contributed by atoms with Gasteiger partial charge in [0, 0.05) is 24.0 Å². The molecule has 4 heteroatoms. The van der Waals surface area contributed by atoms with Gasteiger partial charge in [-0.3, -0.25) is 9.59 Å². The predicted octanol–water partition coefficient (Wildman–Crippen LogP) is 4.76. The van der Waals surface area contributed by atoms with Crippen LogP contribution >= 0.6 is 0 Å². The number of carbonyl (C=O) groups excluding carboxylic acids is 2. The van der Waals surface area contributed by atoms with Crippen molar-refractivity contribution in [3.8, 4) is 11.5 Å². The zero-order valence-corrected chi connectivity index (χ0v) is 15.4. The van der Waals surface area contributed by atoms with Gasteiger partial charge in [0.25, 0.3) is 0 Å². The average molecular weight is 349 g/mol. The number of ether oxygens (including phenoxy) is 1. The molecule has 2 aromatic carbocycles. The summed E-state index contributed by atoms with van der Waals surface area (Å²) in [5, 5.41) is 0. The van der Waals surface area contributed by atoms with Crippen LogP contribution in [-0.4, -0.2) is 18.1 Å². The van der Waals surface area contributed by atoms with Crippen molar-refractivity contribution in [2.45, 2.75) is 27.2 Å². The van der Waals surface area contributed by atoms with Crippen LogP contribution in [0.25, 0.3) is 0 Å². The third-order valence-corrected chi connectivity index (χ3v) is 4.94. The summed E-state index contributed by atoms with van der Waals surface area (Å²) in [5.41, 5.74) is 1.10. The molecule has 1 atom stereocenters. The van der Waals surface area contributed by atoms with E-state index in [1.54, 1.807) is 13.0 Å². The number of hydrogen-bond acceptors (Lipinski definition) is 4. The van der Waals surface area contributed by atoms with E-state index in [0.717, 1.165) is 22.9 Å². The topological polar surface area (TPSA) is 46.6 Å². The van der Waals surface area contributed by atoms with E-state index in [0.29, 0.717) is 13.0 Å². The van der Waals surface area contributed by atoms with E-state index in [2.05, 4.69) is 4.90 Å². The fourth-order valence-corrected chi connectivity index (χ4v) is 3.25. The number of anilines is 1. The minimum absolute atomic E-state index is 0.0524. The maximum absolute atomic E-state index is 12.2. The number of carbonyl (C=O) groups is 2. The van der Waals surface area contributed by atoms with Crippen LogP contribution in [0.3, 0.4) is 0 Å². The number of nitrogens with zero attached hydrogens (tertiary/aromatic N) is 1. The second-order valence-electron chi connectivity index (χ2n) is 6.84. The summed E-state index contributed by atoms with van der Waals surface area (Å²) in [7, 11) is 0. The molecule has 1 fully saturated rings. The van der Waals surface area contributed by atoms with Crippen LogP contribution in [0.5, 0.6) is 11.5 Å². The molecule has 4 nitrogen and oxygen atoms in total. The zero-order chi connectivity index (χ0) is 18.7. The van der Waals surface area contributed by atoms with Crippen molar-refractivity contribution in [2.24, 2.45) is 5.41 Å². The first-order valence-electron chi connectivity index (χ1n) is 8.74. The van der Waals surface area contributed by atoms with E-state index in [1.165, 1.54) is 6.92 Å². The second kappa shape index (κ2) is 7.16. The highest BCUT2D eigenvalue weighted by Crippen LogP contribution is 2.43. The van der Waals surface area contributed by atoms with Crippen LogP contribution in [-0.2, 0) is 9.59 Å². The Balaban J connectivity index is 1.86. The van der Waals surface area contributed by atoms with Crippen LogP contribution < -0.4 is 9.64 Å². The molecule has 1 unspecified atom stereocenters. The number of Topliss-reactive ketones (excluding diaryl/α,β-unsaturated/α-hetero) is 1. The quantitative estimate of drug-likeness (QED) is 0.730. The van der Waals surface area contributed by atoms with E-state index in [4.69, 9.17) is 4.74 Å². The Labute approximate surface area is 154 Å². The Morgan fingerprint density at radius 3 is 2.19 bits per heavy atom. The van der Waals surface area contributed by atoms with Gasteiger partial charge < -0.3 is 9.64 Å². The van der Waals surface area contributed by atoms with Crippen LogP contribution in [0.2, 0.25) is 0 Å². The molecule has 1 aliphatic rings. The number of para-hydroxylation sites is 1. The summed E-state index contributed by atoms with van der Waals surface area (Å²) in [4.78, 5) is 26.0. The molecule has 134 valence electrons. The van der Waals surface area contributed by atoms with Crippen molar-refractivity contribution in [1.29, 1.82) is 0 Å². The third kappa shape index (κ3) is 3.54. The Morgan fingerprint density at radius 1 is 1.00 bits per heavy atom. The van der Waals surface area contributed by atoms with Gasteiger partial charge in [-0.05, 0) is 63.6 Å². The van der Waals surface area contributed by atoms with E-state index >= 15 is 0 Å². The summed E-state index contributed by atoms with van der Waals surface area (Å²) in [5.74, 6) is 1.55. The first-order chi connectivity index (χ1) is 12.4. The van der Waals surface area contributed by atoms with Crippen LogP contribution in [0.4, 0.5) is 5.69 Å². The molecule has 26 heavy (non-hydrogen) atoms. The standard InChI is InChI=1S/C22H23NO3/c1-16(24)15-21-22(3,17(2)25)13-14-23(21)18-9-11-20(12-10-18)26-19-7-5-4-6-8-19/h4-12,15H,13-14H2,1-3H3/b21-15+. The van der Waals surface area contributed by atoms with Gasteiger partial charge in [-0.1, -0.05) is 18.2 Å². The summed E-state index contributed by atoms with van der Waals surface area (Å²) in [6.45, 7) is 5.72. The predicted molar refractivity (Wildman–Crippen MR) is 102 cm³/mol. The molecule has 0 N–H and O–H groups in total. The largest absolute Gasteiger partial charge is 0.457 e. The van der Waals surface area contributed by atoms with Gasteiger partial charge in [-0.25, -0.2) is 0 Å². The highest BCUT2D eigenvalue weighted by atomic mass is 16.5. The monoisotopic (exact) mass is 349 g/mol. The molecule has 1 aliphatic heterocycles. The number of benzene rings is 2. The minimum Gasteiger partial charge on any atom is -0.457 e. The molecular weight excluding hydrogens is 326 g/mol. The highest BCUT2D eigenvalue weighted by Gasteiger charge is 2.43. The number of hydrogen-bond donors (Lipinski definition) is 0. The molecule has 0 amide bonds. The SMILES string of the molecule is CC(=O)/C=C1/N(c2ccc(Oc3ccccc3)cc2)CCC1(C)C(C)=O. The molecule has 0 spiro atoms. The van der Waals surface area contributed by atoms with Gasteiger partial charge in [0.15, 0.2) is 5.78 Å². The molecule has 0 aromatic heterocycles. The van der Waals surface area contributed by atoms with E-state index in [1.807, 2.05) is 61.5 Å². The third-order valence-electron chi connectivity index (χ3n) is 4.94. The van der Waals surface area contributed by atoms with Crippen molar-refractivity contribution >= 4 is 17.3 Å². The lowest BCUT2D eigenvalue weighted by molar-refractivity contribution is -0.123. The highest BCUT2D eigenvalue weighted by molar-refractivity contribution is 5.94. The van der Waals surface area contributed by atoms with Crippen molar-refractivity contribution in [3.05, 3.63) is 66.4 Å². The van der Waals surface area contributed by atoms with Gasteiger partial charge in [-0.2, -0.15) is 0 Å². The number of rotatable bonds is 5. The van der Waals surface area contributed by atoms with Gasteiger partial charge >= 0.3 is 0 Å². The second-order valence-corrected chi connectivity index (χ2v) is 6.84. The fraction of sp³-hybridized carbons (Fsp3) is 0.273. The lowest BCUT2D eigenvalue weighted by Gasteiger charge is -2.27. The molecule has 1 heterocycles. The lowest BCUT2D eigenvalue weighted by atomic mass is 9.82. The molecular formula is C22H23NO3. The van der Waals surface area contributed by atoms with Gasteiger partial charge in [0.2, 0.25) is 0 Å². The fourth-order valence-electron chi connectivity index (χ4n) is 3.25. The van der Waals surface area contributed by atoms with Crippen LogP contribution in [0.15, 0.2) is 66.4 Å². The lowest BCUT2D eigenvalue weighted by Crippen LogP contribution is -2.28. The molecule has 0 radical (unpaired) electrons. The van der Waals surface area contributed by atoms with Crippen LogP contribution in [0, 0.1) is 5.41 Å². The zero-order valence-electron chi connectivity index (χ0n) is 15.4. The summed E-state index contributed by atoms with van der Waals surface area (Å²) in [6, 6.07) is 17.3. The molecule has 0 aliphatic carbocycles. The molecule has 0 saturated carbocycles. The van der Waals surface area contributed by atoms with E-state index in [9.17, 15) is 9.59 Å². The molecule has 1 saturated heterocycles. The van der Waals surface area contributed by atoms with E-state index in [-0.39, 0.29) is 11.6 Å². The van der Waals surface area contributed by atoms with Crippen molar-refractivity contribution in [1.82, 2.24) is 0 Å². The first kappa shape index (κ1) is 17.9. The number of ketones is 2. The van der Waals surface area contributed by atoms with Crippen molar-refractivity contribution in [2.75, 3.05) is 11.4 Å². The molecule has 3 rings (SSSR count). The van der Waals surface area contributed by atoms with Crippen LogP contribution in [0.1, 0.15) is 27.2 Å². The van der Waals surface area contributed by atoms with Crippen molar-refractivity contribution in [3.63, 3.8) is 0 Å². The Morgan fingerprint density at radius 2 is 1.62 bits per heavy atom. The normalized spacial score (nSPS) is 21.0. The average Bonchev–Trinajstić information content (AvgIpc) is 2.94. The number of allylic oxidation sites excluding steroid dienone is 2. The summed E-state index contributed by atoms with van der Waals surface area (Å²) >= 11 is 0. The van der Waals surface area contributed by atoms with Crippen molar-refractivity contribution < 1.29 is 14.3 Å². The smallest absolute Gasteiger partial charge is 0.154 e. The maximum atomic E-state index is 12.2. The Hall–Kier alpha value is -2.88. The first-order valence-corrected chi connectivity index (χ1v) is 8.74. The molecule has 0 bridgehead atoms. The van der Waals surface area contributed by atoms with E-state index < -0.39 is 5.41 Å².